The highest BCUT2D eigenvalue weighted by molar-refractivity contribution is 6.31. The van der Waals surface area contributed by atoms with Crippen LogP contribution in [0.2, 0.25) is 5.02 Å². The lowest BCUT2D eigenvalue weighted by Gasteiger charge is -2.09. The van der Waals surface area contributed by atoms with Gasteiger partial charge in [0.1, 0.15) is 11.5 Å². The average Bonchev–Trinajstić information content (AvgIpc) is 2.65. The number of hydrogen-bond donors (Lipinski definition) is 2. The molecule has 138 valence electrons. The molecule has 0 saturated carbocycles. The number of nitrogens with one attached hydrogen (secondary N) is 2. The lowest BCUT2D eigenvalue weighted by Crippen LogP contribution is -2.17. The molecule has 0 atom stereocenters. The van der Waals surface area contributed by atoms with E-state index in [9.17, 15) is 9.18 Å². The van der Waals surface area contributed by atoms with Gasteiger partial charge in [-0.05, 0) is 43.2 Å². The Labute approximate surface area is 161 Å². The summed E-state index contributed by atoms with van der Waals surface area (Å²) in [6.45, 7) is 2.43. The van der Waals surface area contributed by atoms with E-state index in [4.69, 9.17) is 11.6 Å². The zero-order valence-corrected chi connectivity index (χ0v) is 15.4. The number of aryl methyl sites for hydroxylation is 1. The molecule has 7 heteroatoms. The van der Waals surface area contributed by atoms with Crippen LogP contribution in [0.15, 0.2) is 54.6 Å². The predicted molar refractivity (Wildman–Crippen MR) is 105 cm³/mol. The lowest BCUT2D eigenvalue weighted by atomic mass is 10.1. The molecular formula is C20H18ClFN4O. The number of benzene rings is 2. The van der Waals surface area contributed by atoms with E-state index in [0.29, 0.717) is 23.9 Å². The number of aromatic nitrogens is 2. The van der Waals surface area contributed by atoms with Crippen molar-refractivity contribution in [3.05, 3.63) is 82.4 Å². The first kappa shape index (κ1) is 18.8. The summed E-state index contributed by atoms with van der Waals surface area (Å²) in [5.41, 5.74) is 2.46. The molecule has 3 rings (SSSR count). The fourth-order valence-electron chi connectivity index (χ4n) is 2.50. The summed E-state index contributed by atoms with van der Waals surface area (Å²) in [5.74, 6) is -0.583. The van der Waals surface area contributed by atoms with Gasteiger partial charge in [-0.25, -0.2) is 14.4 Å². The third-order valence-corrected chi connectivity index (χ3v) is 4.09. The Kier molecular flexibility index (Phi) is 5.98. The lowest BCUT2D eigenvalue weighted by molar-refractivity contribution is 0.102. The molecule has 1 aromatic heterocycles. The zero-order valence-electron chi connectivity index (χ0n) is 14.7. The molecule has 0 aliphatic carbocycles. The molecule has 0 radical (unpaired) electrons. The number of rotatable bonds is 6. The molecule has 0 bridgehead atoms. The van der Waals surface area contributed by atoms with Crippen molar-refractivity contribution in [2.75, 3.05) is 17.2 Å². The molecule has 1 heterocycles. The molecule has 0 aliphatic heterocycles. The number of halogens is 2. The molecule has 0 aliphatic rings. The van der Waals surface area contributed by atoms with Gasteiger partial charge in [0.05, 0.1) is 5.02 Å². The number of carbonyl (C=O) groups excluding carboxylic acids is 1. The molecule has 0 saturated heterocycles. The number of amides is 1. The number of carbonyl (C=O) groups is 1. The molecule has 27 heavy (non-hydrogen) atoms. The molecule has 1 amide bonds. The van der Waals surface area contributed by atoms with Crippen molar-refractivity contribution in [3.63, 3.8) is 0 Å². The normalized spacial score (nSPS) is 10.5. The van der Waals surface area contributed by atoms with Crippen LogP contribution in [0.4, 0.5) is 16.0 Å². The molecule has 0 spiro atoms. The van der Waals surface area contributed by atoms with Crippen LogP contribution in [0, 0.1) is 12.7 Å². The van der Waals surface area contributed by atoms with Gasteiger partial charge < -0.3 is 10.6 Å². The summed E-state index contributed by atoms with van der Waals surface area (Å²) in [6, 6.07) is 15.6. The Hall–Kier alpha value is -2.99. The fraction of sp³-hybridized carbons (Fsp3) is 0.150. The Balaban J connectivity index is 1.66. The molecule has 0 unspecified atom stereocenters. The van der Waals surface area contributed by atoms with Gasteiger partial charge in [0, 0.05) is 17.9 Å². The Morgan fingerprint density at radius 1 is 1.11 bits per heavy atom. The summed E-state index contributed by atoms with van der Waals surface area (Å²) in [5, 5.41) is 5.73. The van der Waals surface area contributed by atoms with E-state index in [2.05, 4.69) is 20.6 Å². The van der Waals surface area contributed by atoms with Gasteiger partial charge >= 0.3 is 0 Å². The van der Waals surface area contributed by atoms with E-state index >= 15 is 0 Å². The fourth-order valence-corrected chi connectivity index (χ4v) is 2.68. The Bertz CT molecular complexity index is 950. The maximum Gasteiger partial charge on any atom is 0.274 e. The highest BCUT2D eigenvalue weighted by Crippen LogP contribution is 2.20. The van der Waals surface area contributed by atoms with Crippen molar-refractivity contribution in [1.29, 1.82) is 0 Å². The van der Waals surface area contributed by atoms with E-state index in [1.165, 1.54) is 23.8 Å². The molecule has 2 N–H and O–H groups in total. The van der Waals surface area contributed by atoms with Gasteiger partial charge in [-0.1, -0.05) is 41.9 Å². The van der Waals surface area contributed by atoms with Gasteiger partial charge in [-0.15, -0.1) is 0 Å². The first-order valence-corrected chi connectivity index (χ1v) is 8.79. The van der Waals surface area contributed by atoms with Gasteiger partial charge in [-0.3, -0.25) is 4.79 Å². The van der Waals surface area contributed by atoms with Gasteiger partial charge in [0.25, 0.3) is 5.91 Å². The minimum atomic E-state index is -0.544. The maximum atomic E-state index is 13.2. The topological polar surface area (TPSA) is 66.9 Å². The second-order valence-electron chi connectivity index (χ2n) is 5.96. The number of hydrogen-bond acceptors (Lipinski definition) is 4. The monoisotopic (exact) mass is 384 g/mol. The first-order chi connectivity index (χ1) is 13.0. The third-order valence-electron chi connectivity index (χ3n) is 3.80. The van der Waals surface area contributed by atoms with Crippen molar-refractivity contribution >= 4 is 29.1 Å². The van der Waals surface area contributed by atoms with Crippen LogP contribution in [0.3, 0.4) is 0 Å². The van der Waals surface area contributed by atoms with Crippen LogP contribution in [-0.4, -0.2) is 22.4 Å². The zero-order chi connectivity index (χ0) is 19.2. The summed E-state index contributed by atoms with van der Waals surface area (Å²) in [4.78, 5) is 21.0. The van der Waals surface area contributed by atoms with E-state index in [-0.39, 0.29) is 10.7 Å². The van der Waals surface area contributed by atoms with Gasteiger partial charge in [0.15, 0.2) is 0 Å². The summed E-state index contributed by atoms with van der Waals surface area (Å²) in [6.07, 6.45) is 0.813. The smallest absolute Gasteiger partial charge is 0.274 e. The van der Waals surface area contributed by atoms with E-state index in [1.807, 2.05) is 30.3 Å². The maximum absolute atomic E-state index is 13.2. The second-order valence-corrected chi connectivity index (χ2v) is 6.37. The van der Waals surface area contributed by atoms with Crippen LogP contribution in [0.1, 0.15) is 21.7 Å². The standard InChI is InChI=1S/C20H18ClFN4O/c1-13-11-18(19(27)25-15-7-8-17(22)16(21)12-15)26-20(24-13)23-10-9-14-5-3-2-4-6-14/h2-8,11-12H,9-10H2,1H3,(H,25,27)(H,23,24,26). The Morgan fingerprint density at radius 3 is 2.63 bits per heavy atom. The predicted octanol–water partition coefficient (Wildman–Crippen LogP) is 4.48. The summed E-state index contributed by atoms with van der Waals surface area (Å²) in [7, 11) is 0. The highest BCUT2D eigenvalue weighted by Gasteiger charge is 2.12. The van der Waals surface area contributed by atoms with Crippen molar-refractivity contribution in [1.82, 2.24) is 9.97 Å². The van der Waals surface area contributed by atoms with Crippen LogP contribution < -0.4 is 10.6 Å². The van der Waals surface area contributed by atoms with Gasteiger partial charge in [-0.2, -0.15) is 0 Å². The SMILES string of the molecule is Cc1cc(C(=O)Nc2ccc(F)c(Cl)c2)nc(NCCc2ccccc2)n1. The highest BCUT2D eigenvalue weighted by atomic mass is 35.5. The van der Waals surface area contributed by atoms with Crippen LogP contribution in [0.25, 0.3) is 0 Å². The minimum absolute atomic E-state index is 0.0602. The molecule has 0 fully saturated rings. The van der Waals surface area contributed by atoms with Crippen molar-refractivity contribution in [3.8, 4) is 0 Å². The molecular weight excluding hydrogens is 367 g/mol. The van der Waals surface area contributed by atoms with E-state index < -0.39 is 11.7 Å². The first-order valence-electron chi connectivity index (χ1n) is 8.41. The quantitative estimate of drug-likeness (QED) is 0.657. The number of anilines is 2. The van der Waals surface area contributed by atoms with E-state index in [0.717, 1.165) is 6.42 Å². The minimum Gasteiger partial charge on any atom is -0.354 e. The third kappa shape index (κ3) is 5.24. The molecule has 2 aromatic carbocycles. The molecule has 3 aromatic rings. The largest absolute Gasteiger partial charge is 0.354 e. The number of nitrogens with zero attached hydrogens (tertiary/aromatic N) is 2. The van der Waals surface area contributed by atoms with Gasteiger partial charge in [0.2, 0.25) is 5.95 Å². The van der Waals surface area contributed by atoms with Crippen molar-refractivity contribution in [2.24, 2.45) is 0 Å². The van der Waals surface area contributed by atoms with Crippen LogP contribution in [-0.2, 0) is 6.42 Å². The van der Waals surface area contributed by atoms with Crippen LogP contribution >= 0.6 is 11.6 Å². The van der Waals surface area contributed by atoms with E-state index in [1.54, 1.807) is 13.0 Å². The summed E-state index contributed by atoms with van der Waals surface area (Å²) >= 11 is 5.74. The van der Waals surface area contributed by atoms with Crippen molar-refractivity contribution in [2.45, 2.75) is 13.3 Å². The van der Waals surface area contributed by atoms with Crippen LogP contribution in [0.5, 0.6) is 0 Å². The van der Waals surface area contributed by atoms with Crippen molar-refractivity contribution < 1.29 is 9.18 Å². The second kappa shape index (κ2) is 8.60. The summed E-state index contributed by atoms with van der Waals surface area (Å²) < 4.78 is 13.2. The average molecular weight is 385 g/mol. The molecule has 5 nitrogen and oxygen atoms in total. The Morgan fingerprint density at radius 2 is 1.89 bits per heavy atom.